The van der Waals surface area contributed by atoms with E-state index in [1.54, 1.807) is 30.3 Å². The van der Waals surface area contributed by atoms with Crippen molar-refractivity contribution in [1.82, 2.24) is 9.78 Å². The Morgan fingerprint density at radius 3 is 2.35 bits per heavy atom. The first-order chi connectivity index (χ1) is 10.8. The van der Waals surface area contributed by atoms with Crippen molar-refractivity contribution in [3.8, 4) is 5.69 Å². The van der Waals surface area contributed by atoms with E-state index in [4.69, 9.17) is 0 Å². The Balaban J connectivity index is 2.98. The topological polar surface area (TPSA) is 64.1 Å². The van der Waals surface area contributed by atoms with E-state index in [-0.39, 0.29) is 5.35 Å². The lowest BCUT2D eigenvalue weighted by atomic mass is 10.2. The van der Waals surface area contributed by atoms with Crippen LogP contribution in [0.3, 0.4) is 0 Å². The summed E-state index contributed by atoms with van der Waals surface area (Å²) >= 11 is 0. The Labute approximate surface area is 128 Å². The van der Waals surface area contributed by atoms with Gasteiger partial charge < -0.3 is 4.74 Å². The predicted octanol–water partition coefficient (Wildman–Crippen LogP) is 0.852. The van der Waals surface area contributed by atoms with E-state index < -0.39 is 28.5 Å². The maximum absolute atomic E-state index is 13.2. The summed E-state index contributed by atoms with van der Waals surface area (Å²) in [4.78, 5) is 24.0. The fourth-order valence-corrected chi connectivity index (χ4v) is 2.13. The van der Waals surface area contributed by atoms with Gasteiger partial charge in [-0.25, -0.2) is 9.48 Å². The zero-order valence-corrected chi connectivity index (χ0v) is 12.3. The van der Waals surface area contributed by atoms with Crippen LogP contribution in [0.1, 0.15) is 6.92 Å². The summed E-state index contributed by atoms with van der Waals surface area (Å²) in [5, 5.41) is 1.69. The third kappa shape index (κ3) is 3.05. The minimum absolute atomic E-state index is 0.114. The highest BCUT2D eigenvalue weighted by atomic mass is 19.4. The van der Waals surface area contributed by atoms with Gasteiger partial charge in [0.05, 0.1) is 23.4 Å². The summed E-state index contributed by atoms with van der Waals surface area (Å²) in [6.07, 6.45) is -3.74. The van der Waals surface area contributed by atoms with Gasteiger partial charge in [0.1, 0.15) is 0 Å². The van der Waals surface area contributed by atoms with E-state index in [1.165, 1.54) is 13.0 Å². The number of aromatic amines is 1. The molecular weight excluding hydrogens is 313 g/mol. The number of carbonyl (C=O) groups excluding carboxylic acids is 1. The minimum Gasteiger partial charge on any atom is -0.465 e. The first kappa shape index (κ1) is 16.6. The number of alkyl halides is 3. The molecule has 0 radical (unpaired) electrons. The van der Waals surface area contributed by atoms with Crippen LogP contribution >= 0.6 is 0 Å². The van der Waals surface area contributed by atoms with E-state index in [9.17, 15) is 22.8 Å². The number of hydrogen-bond acceptors (Lipinski definition) is 3. The number of ether oxygens (including phenoxy) is 1. The van der Waals surface area contributed by atoms with Crippen LogP contribution in [0.5, 0.6) is 0 Å². The fourth-order valence-electron chi connectivity index (χ4n) is 2.13. The smallest absolute Gasteiger partial charge is 0.424 e. The number of aromatic nitrogens is 2. The number of carbonyl (C=O) groups is 1. The Morgan fingerprint density at radius 2 is 1.87 bits per heavy atom. The summed E-state index contributed by atoms with van der Waals surface area (Å²) in [6.45, 7) is 1.45. The predicted molar refractivity (Wildman–Crippen MR) is 77.3 cm³/mol. The van der Waals surface area contributed by atoms with Gasteiger partial charge in [-0.3, -0.25) is 9.89 Å². The van der Waals surface area contributed by atoms with Crippen LogP contribution < -0.4 is 16.1 Å². The first-order valence-corrected chi connectivity index (χ1v) is 6.54. The first-order valence-electron chi connectivity index (χ1n) is 6.54. The van der Waals surface area contributed by atoms with Crippen LogP contribution in [0.4, 0.5) is 13.2 Å². The highest BCUT2D eigenvalue weighted by Gasteiger charge is 2.41. The van der Waals surface area contributed by atoms with Crippen molar-refractivity contribution >= 4 is 17.6 Å². The van der Waals surface area contributed by atoms with Crippen LogP contribution in [-0.2, 0) is 9.53 Å². The number of hydrogen-bond donors (Lipinski definition) is 1. The molecule has 2 rings (SSSR count). The molecule has 0 atom stereocenters. The van der Waals surface area contributed by atoms with E-state index in [1.807, 2.05) is 0 Å². The van der Waals surface area contributed by atoms with Crippen LogP contribution in [-0.4, -0.2) is 29.0 Å². The second kappa shape index (κ2) is 6.15. The molecule has 0 aliphatic rings. The van der Waals surface area contributed by atoms with Crippen LogP contribution in [0, 0.1) is 0 Å². The monoisotopic (exact) mass is 326 g/mol. The highest BCUT2D eigenvalue weighted by Crippen LogP contribution is 2.26. The minimum atomic E-state index is -5.03. The van der Waals surface area contributed by atoms with Crippen molar-refractivity contribution in [2.24, 2.45) is 0 Å². The highest BCUT2D eigenvalue weighted by molar-refractivity contribution is 6.11. The third-order valence-electron chi connectivity index (χ3n) is 3.14. The van der Waals surface area contributed by atoms with Gasteiger partial charge >= 0.3 is 12.1 Å². The second-order valence-electron chi connectivity index (χ2n) is 4.53. The molecule has 0 spiro atoms. The molecule has 0 bridgehead atoms. The standard InChI is InChI=1S/C15H13F3N2O3/c1-3-10-11(12(14(22)23-2)15(16,17)18)13(21)20(19-10)9-7-5-4-6-8-9/h3-8,19H,1-2H3. The van der Waals surface area contributed by atoms with Crippen LogP contribution in [0.25, 0.3) is 17.3 Å². The summed E-state index contributed by atoms with van der Waals surface area (Å²) in [6, 6.07) is 8.06. The number of nitrogens with zero attached hydrogens (tertiary/aromatic N) is 1. The SMILES string of the molecule is CC=c1[nH]n(-c2ccccc2)c(=O)c1=C(C(=O)OC)C(F)(F)F. The van der Waals surface area contributed by atoms with Crippen molar-refractivity contribution in [3.63, 3.8) is 0 Å². The Hall–Kier alpha value is -2.77. The van der Waals surface area contributed by atoms with E-state index in [0.29, 0.717) is 5.69 Å². The zero-order chi connectivity index (χ0) is 17.2. The molecule has 1 aromatic heterocycles. The molecule has 1 N–H and O–H groups in total. The molecule has 0 aliphatic heterocycles. The fraction of sp³-hybridized carbons (Fsp3) is 0.200. The van der Waals surface area contributed by atoms with Crippen molar-refractivity contribution in [3.05, 3.63) is 51.3 Å². The van der Waals surface area contributed by atoms with Crippen LogP contribution in [0.2, 0.25) is 0 Å². The molecule has 122 valence electrons. The maximum Gasteiger partial charge on any atom is 0.424 e. The number of benzene rings is 1. The summed E-state index contributed by atoms with van der Waals surface area (Å²) in [7, 11) is 0.825. The molecule has 0 amide bonds. The zero-order valence-electron chi connectivity index (χ0n) is 12.3. The lowest BCUT2D eigenvalue weighted by molar-refractivity contribution is -0.140. The van der Waals surface area contributed by atoms with Crippen molar-refractivity contribution in [1.29, 1.82) is 0 Å². The van der Waals surface area contributed by atoms with Crippen LogP contribution in [0.15, 0.2) is 35.1 Å². The molecule has 0 aliphatic carbocycles. The van der Waals surface area contributed by atoms with Crippen molar-refractivity contribution in [2.75, 3.05) is 7.11 Å². The van der Waals surface area contributed by atoms with E-state index in [2.05, 4.69) is 9.84 Å². The average Bonchev–Trinajstić information content (AvgIpc) is 2.84. The lowest BCUT2D eigenvalue weighted by Crippen LogP contribution is -2.43. The third-order valence-corrected chi connectivity index (χ3v) is 3.14. The van der Waals surface area contributed by atoms with Gasteiger partial charge in [-0.2, -0.15) is 13.2 Å². The molecule has 1 heterocycles. The number of rotatable bonds is 2. The molecule has 0 unspecified atom stereocenters. The van der Waals surface area contributed by atoms with Crippen molar-refractivity contribution in [2.45, 2.75) is 13.1 Å². The largest absolute Gasteiger partial charge is 0.465 e. The Kier molecular flexibility index (Phi) is 4.44. The van der Waals surface area contributed by atoms with Gasteiger partial charge in [0.25, 0.3) is 5.56 Å². The van der Waals surface area contributed by atoms with E-state index in [0.717, 1.165) is 11.8 Å². The second-order valence-corrected chi connectivity index (χ2v) is 4.53. The van der Waals surface area contributed by atoms with Gasteiger partial charge in [0.2, 0.25) is 0 Å². The van der Waals surface area contributed by atoms with Gasteiger partial charge in [0, 0.05) is 0 Å². The number of halogens is 3. The lowest BCUT2D eigenvalue weighted by Gasteiger charge is -2.08. The Bertz CT molecular complexity index is 893. The summed E-state index contributed by atoms with van der Waals surface area (Å²) in [5.74, 6) is -1.61. The molecule has 0 saturated heterocycles. The summed E-state index contributed by atoms with van der Waals surface area (Å²) in [5.41, 5.74) is -2.27. The molecule has 23 heavy (non-hydrogen) atoms. The van der Waals surface area contributed by atoms with Gasteiger partial charge in [-0.1, -0.05) is 24.3 Å². The normalized spacial score (nSPS) is 13.9. The number of esters is 1. The molecule has 0 saturated carbocycles. The average molecular weight is 326 g/mol. The number of H-pyrrole nitrogens is 1. The van der Waals surface area contributed by atoms with Gasteiger partial charge in [0.15, 0.2) is 5.57 Å². The molecule has 5 nitrogen and oxygen atoms in total. The molecule has 1 aromatic carbocycles. The number of para-hydroxylation sites is 1. The maximum atomic E-state index is 13.2. The number of nitrogens with one attached hydrogen (secondary N) is 1. The van der Waals surface area contributed by atoms with Crippen molar-refractivity contribution < 1.29 is 22.7 Å². The summed E-state index contributed by atoms with van der Waals surface area (Å²) < 4.78 is 44.8. The van der Waals surface area contributed by atoms with E-state index >= 15 is 0 Å². The molecule has 0 fully saturated rings. The molecule has 2 aromatic rings. The molecular formula is C15H13F3N2O3. The van der Waals surface area contributed by atoms with Gasteiger partial charge in [-0.15, -0.1) is 0 Å². The molecule has 8 heteroatoms. The van der Waals surface area contributed by atoms with Gasteiger partial charge in [-0.05, 0) is 19.1 Å². The number of methoxy groups -OCH3 is 1. The Morgan fingerprint density at radius 1 is 1.26 bits per heavy atom. The quantitative estimate of drug-likeness (QED) is 0.833.